The summed E-state index contributed by atoms with van der Waals surface area (Å²) in [6.07, 6.45) is 3.67. The molecule has 1 saturated carbocycles. The lowest BCUT2D eigenvalue weighted by atomic mass is 10.2. The zero-order valence-corrected chi connectivity index (χ0v) is 13.3. The van der Waals surface area contributed by atoms with Crippen LogP contribution in [0.5, 0.6) is 0 Å². The molecule has 118 valence electrons. The van der Waals surface area contributed by atoms with Crippen LogP contribution in [0.4, 0.5) is 4.39 Å². The molecule has 0 aromatic heterocycles. The van der Waals surface area contributed by atoms with Crippen molar-refractivity contribution < 1.29 is 12.8 Å². The van der Waals surface area contributed by atoms with Crippen molar-refractivity contribution in [2.75, 3.05) is 0 Å². The van der Waals surface area contributed by atoms with Gasteiger partial charge < -0.3 is 5.32 Å². The number of hydrogen-bond donors (Lipinski definition) is 2. The highest BCUT2D eigenvalue weighted by atomic mass is 32.2. The topological polar surface area (TPSA) is 58.2 Å². The van der Waals surface area contributed by atoms with Crippen molar-refractivity contribution in [2.24, 2.45) is 0 Å². The third-order valence-corrected chi connectivity index (χ3v) is 5.31. The normalized spacial score (nSPS) is 15.6. The lowest BCUT2D eigenvalue weighted by molar-refractivity contribution is 0.529. The van der Waals surface area contributed by atoms with Crippen LogP contribution in [0.15, 0.2) is 23.1 Å². The van der Waals surface area contributed by atoms with Crippen molar-refractivity contribution in [1.29, 1.82) is 0 Å². The molecule has 6 heteroatoms. The Labute approximate surface area is 126 Å². The van der Waals surface area contributed by atoms with Crippen molar-refractivity contribution in [3.8, 4) is 0 Å². The molecule has 1 aromatic rings. The average Bonchev–Trinajstić information content (AvgIpc) is 3.28. The molecule has 1 fully saturated rings. The van der Waals surface area contributed by atoms with Crippen LogP contribution in [-0.4, -0.2) is 20.5 Å². The quantitative estimate of drug-likeness (QED) is 0.775. The van der Waals surface area contributed by atoms with Crippen molar-refractivity contribution in [3.63, 3.8) is 0 Å². The molecule has 0 spiro atoms. The fourth-order valence-corrected chi connectivity index (χ4v) is 3.59. The molecular formula is C15H23FN2O2S. The Morgan fingerprint density at radius 2 is 1.95 bits per heavy atom. The lowest BCUT2D eigenvalue weighted by Crippen LogP contribution is -2.34. The van der Waals surface area contributed by atoms with Crippen LogP contribution < -0.4 is 10.0 Å². The summed E-state index contributed by atoms with van der Waals surface area (Å²) in [6.45, 7) is 4.24. The van der Waals surface area contributed by atoms with E-state index in [9.17, 15) is 12.8 Å². The SMILES string of the molecule is CCC(CC)NS(=O)(=O)c1ccc(F)c(CNC2CC2)c1. The second-order valence-electron chi connectivity index (χ2n) is 5.54. The number of halogens is 1. The first-order valence-electron chi connectivity index (χ1n) is 7.50. The van der Waals surface area contributed by atoms with Crippen LogP contribution in [0.25, 0.3) is 0 Å². The Kier molecular flexibility index (Phi) is 5.35. The van der Waals surface area contributed by atoms with Gasteiger partial charge in [0.2, 0.25) is 10.0 Å². The van der Waals surface area contributed by atoms with E-state index in [1.165, 1.54) is 18.2 Å². The van der Waals surface area contributed by atoms with E-state index in [1.807, 2.05) is 13.8 Å². The molecule has 0 amide bonds. The summed E-state index contributed by atoms with van der Waals surface area (Å²) >= 11 is 0. The summed E-state index contributed by atoms with van der Waals surface area (Å²) in [5.41, 5.74) is 0.398. The van der Waals surface area contributed by atoms with Gasteiger partial charge in [0.05, 0.1) is 4.90 Å². The van der Waals surface area contributed by atoms with Gasteiger partial charge in [0, 0.05) is 24.2 Å². The highest BCUT2D eigenvalue weighted by Gasteiger charge is 2.22. The Morgan fingerprint density at radius 1 is 1.29 bits per heavy atom. The van der Waals surface area contributed by atoms with Gasteiger partial charge in [-0.05, 0) is 43.9 Å². The third kappa shape index (κ3) is 4.49. The van der Waals surface area contributed by atoms with Gasteiger partial charge in [0.1, 0.15) is 5.82 Å². The zero-order valence-electron chi connectivity index (χ0n) is 12.5. The van der Waals surface area contributed by atoms with Gasteiger partial charge in [-0.1, -0.05) is 13.8 Å². The first-order valence-corrected chi connectivity index (χ1v) is 8.98. The second-order valence-corrected chi connectivity index (χ2v) is 7.26. The van der Waals surface area contributed by atoms with Gasteiger partial charge >= 0.3 is 0 Å². The fourth-order valence-electron chi connectivity index (χ4n) is 2.14. The molecule has 2 N–H and O–H groups in total. The largest absolute Gasteiger partial charge is 0.310 e. The van der Waals surface area contributed by atoms with Crippen LogP contribution in [0.2, 0.25) is 0 Å². The Hall–Kier alpha value is -0.980. The van der Waals surface area contributed by atoms with Crippen LogP contribution in [0, 0.1) is 5.82 Å². The second kappa shape index (κ2) is 6.85. The Bertz CT molecular complexity index is 581. The first kappa shape index (κ1) is 16.4. The predicted molar refractivity (Wildman–Crippen MR) is 81.0 cm³/mol. The molecule has 0 saturated heterocycles. The molecule has 1 aliphatic carbocycles. The smallest absolute Gasteiger partial charge is 0.240 e. The molecule has 2 rings (SSSR count). The highest BCUT2D eigenvalue weighted by molar-refractivity contribution is 7.89. The number of hydrogen-bond acceptors (Lipinski definition) is 3. The highest BCUT2D eigenvalue weighted by Crippen LogP contribution is 2.21. The van der Waals surface area contributed by atoms with E-state index in [2.05, 4.69) is 10.0 Å². The average molecular weight is 314 g/mol. The molecule has 0 bridgehead atoms. The summed E-state index contributed by atoms with van der Waals surface area (Å²) in [5, 5.41) is 3.20. The maximum atomic E-state index is 13.8. The summed E-state index contributed by atoms with van der Waals surface area (Å²) in [4.78, 5) is 0.128. The van der Waals surface area contributed by atoms with Crippen LogP contribution in [0.3, 0.4) is 0 Å². The van der Waals surface area contributed by atoms with E-state index in [0.717, 1.165) is 25.7 Å². The molecule has 4 nitrogen and oxygen atoms in total. The Morgan fingerprint density at radius 3 is 2.52 bits per heavy atom. The molecule has 0 unspecified atom stereocenters. The number of benzene rings is 1. The van der Waals surface area contributed by atoms with E-state index >= 15 is 0 Å². The fraction of sp³-hybridized carbons (Fsp3) is 0.600. The first-order chi connectivity index (χ1) is 9.96. The maximum Gasteiger partial charge on any atom is 0.240 e. The number of rotatable bonds is 8. The molecule has 0 atom stereocenters. The maximum absolute atomic E-state index is 13.8. The van der Waals surface area contributed by atoms with Gasteiger partial charge in [-0.15, -0.1) is 0 Å². The minimum atomic E-state index is -3.59. The van der Waals surface area contributed by atoms with Gasteiger partial charge in [-0.25, -0.2) is 17.5 Å². The molecular weight excluding hydrogens is 291 g/mol. The standard InChI is InChI=1S/C15H23FN2O2S/c1-3-12(4-2)18-21(19,20)14-7-8-15(16)11(9-14)10-17-13-5-6-13/h7-9,12-13,17-18H,3-6,10H2,1-2H3. The van der Waals surface area contributed by atoms with E-state index in [-0.39, 0.29) is 16.8 Å². The van der Waals surface area contributed by atoms with Crippen molar-refractivity contribution in [1.82, 2.24) is 10.0 Å². The molecule has 0 heterocycles. The van der Waals surface area contributed by atoms with E-state index < -0.39 is 10.0 Å². The number of nitrogens with one attached hydrogen (secondary N) is 2. The van der Waals surface area contributed by atoms with E-state index in [0.29, 0.717) is 18.2 Å². The summed E-state index contributed by atoms with van der Waals surface area (Å²) in [5.74, 6) is -0.371. The number of sulfonamides is 1. The zero-order chi connectivity index (χ0) is 15.5. The van der Waals surface area contributed by atoms with Gasteiger partial charge in [-0.2, -0.15) is 0 Å². The molecule has 0 aliphatic heterocycles. The molecule has 1 aromatic carbocycles. The minimum Gasteiger partial charge on any atom is -0.310 e. The summed E-state index contributed by atoms with van der Waals surface area (Å²) in [7, 11) is -3.59. The Balaban J connectivity index is 2.15. The van der Waals surface area contributed by atoms with Crippen LogP contribution in [-0.2, 0) is 16.6 Å². The summed E-state index contributed by atoms with van der Waals surface area (Å²) < 4.78 is 41.1. The lowest BCUT2D eigenvalue weighted by Gasteiger charge is -2.15. The van der Waals surface area contributed by atoms with Crippen molar-refractivity contribution in [2.45, 2.75) is 63.1 Å². The van der Waals surface area contributed by atoms with Crippen LogP contribution in [0.1, 0.15) is 45.1 Å². The van der Waals surface area contributed by atoms with E-state index in [1.54, 1.807) is 0 Å². The van der Waals surface area contributed by atoms with E-state index in [4.69, 9.17) is 0 Å². The predicted octanol–water partition coefficient (Wildman–Crippen LogP) is 2.54. The molecule has 21 heavy (non-hydrogen) atoms. The van der Waals surface area contributed by atoms with Gasteiger partial charge in [0.15, 0.2) is 0 Å². The molecule has 0 radical (unpaired) electrons. The summed E-state index contributed by atoms with van der Waals surface area (Å²) in [6, 6.07) is 4.34. The van der Waals surface area contributed by atoms with Gasteiger partial charge in [-0.3, -0.25) is 0 Å². The molecule has 1 aliphatic rings. The minimum absolute atomic E-state index is 0.0897. The van der Waals surface area contributed by atoms with Crippen LogP contribution >= 0.6 is 0 Å². The van der Waals surface area contributed by atoms with Crippen molar-refractivity contribution >= 4 is 10.0 Å². The van der Waals surface area contributed by atoms with Gasteiger partial charge in [0.25, 0.3) is 0 Å². The third-order valence-electron chi connectivity index (χ3n) is 3.79. The monoisotopic (exact) mass is 314 g/mol. The van der Waals surface area contributed by atoms with Crippen molar-refractivity contribution in [3.05, 3.63) is 29.6 Å².